The van der Waals surface area contributed by atoms with Gasteiger partial charge in [0.2, 0.25) is 0 Å². The largest absolute Gasteiger partial charge is 0.461 e. The molecule has 1 aromatic heterocycles. The second kappa shape index (κ2) is 6.45. The Morgan fingerprint density at radius 2 is 1.85 bits per heavy atom. The fourth-order valence-electron chi connectivity index (χ4n) is 3.36. The van der Waals surface area contributed by atoms with E-state index in [1.807, 2.05) is 6.07 Å². The summed E-state index contributed by atoms with van der Waals surface area (Å²) in [7, 11) is 0. The first-order chi connectivity index (χ1) is 9.88. The summed E-state index contributed by atoms with van der Waals surface area (Å²) in [5.41, 5.74) is 2.40. The first-order valence-electron chi connectivity index (χ1n) is 8.11. The third-order valence-electron chi connectivity index (χ3n) is 4.53. The van der Waals surface area contributed by atoms with Crippen molar-refractivity contribution in [1.29, 1.82) is 0 Å². The SMILES string of the molecule is CCc1oc2ccccc2c1CNC1CCCCCC1. The van der Waals surface area contributed by atoms with Gasteiger partial charge in [-0.2, -0.15) is 0 Å². The van der Waals surface area contributed by atoms with E-state index < -0.39 is 0 Å². The predicted octanol–water partition coefficient (Wildman–Crippen LogP) is 4.81. The molecule has 0 spiro atoms. The van der Waals surface area contributed by atoms with Crippen LogP contribution in [0.4, 0.5) is 0 Å². The molecule has 1 saturated carbocycles. The van der Waals surface area contributed by atoms with Gasteiger partial charge in [0.1, 0.15) is 11.3 Å². The van der Waals surface area contributed by atoms with Crippen molar-refractivity contribution in [1.82, 2.24) is 5.32 Å². The van der Waals surface area contributed by atoms with Crippen LogP contribution in [0.2, 0.25) is 0 Å². The number of fused-ring (bicyclic) bond motifs is 1. The first-order valence-corrected chi connectivity index (χ1v) is 8.11. The monoisotopic (exact) mass is 271 g/mol. The Morgan fingerprint density at radius 1 is 1.10 bits per heavy atom. The molecule has 2 heteroatoms. The predicted molar refractivity (Wildman–Crippen MR) is 83.9 cm³/mol. The average molecular weight is 271 g/mol. The standard InChI is InChI=1S/C18H25NO/c1-2-17-16(15-11-7-8-12-18(15)20-17)13-19-14-9-5-3-4-6-10-14/h7-8,11-12,14,19H,2-6,9-10,13H2,1H3. The van der Waals surface area contributed by atoms with Crippen molar-refractivity contribution in [3.8, 4) is 0 Å². The van der Waals surface area contributed by atoms with Gasteiger partial charge in [0.25, 0.3) is 0 Å². The summed E-state index contributed by atoms with van der Waals surface area (Å²) in [4.78, 5) is 0. The van der Waals surface area contributed by atoms with E-state index in [-0.39, 0.29) is 0 Å². The maximum atomic E-state index is 5.97. The summed E-state index contributed by atoms with van der Waals surface area (Å²) in [5, 5.41) is 5.05. The highest BCUT2D eigenvalue weighted by atomic mass is 16.3. The molecule has 0 atom stereocenters. The number of rotatable bonds is 4. The summed E-state index contributed by atoms with van der Waals surface area (Å²) in [5.74, 6) is 1.15. The van der Waals surface area contributed by atoms with Gasteiger partial charge in [-0.15, -0.1) is 0 Å². The van der Waals surface area contributed by atoms with E-state index in [1.165, 1.54) is 49.5 Å². The van der Waals surface area contributed by atoms with Crippen LogP contribution in [0, 0.1) is 0 Å². The Kier molecular flexibility index (Phi) is 4.41. The van der Waals surface area contributed by atoms with Crippen molar-refractivity contribution in [3.05, 3.63) is 35.6 Å². The molecule has 1 N–H and O–H groups in total. The highest BCUT2D eigenvalue weighted by molar-refractivity contribution is 5.82. The minimum absolute atomic E-state index is 0.691. The van der Waals surface area contributed by atoms with E-state index in [2.05, 4.69) is 30.4 Å². The minimum Gasteiger partial charge on any atom is -0.461 e. The van der Waals surface area contributed by atoms with Crippen LogP contribution in [0.25, 0.3) is 11.0 Å². The highest BCUT2D eigenvalue weighted by Crippen LogP contribution is 2.27. The lowest BCUT2D eigenvalue weighted by Crippen LogP contribution is -2.28. The summed E-state index contributed by atoms with van der Waals surface area (Å²) >= 11 is 0. The molecule has 1 aliphatic rings. The molecule has 1 aliphatic carbocycles. The number of benzene rings is 1. The maximum Gasteiger partial charge on any atom is 0.134 e. The molecule has 2 nitrogen and oxygen atoms in total. The number of nitrogens with one attached hydrogen (secondary N) is 1. The third kappa shape index (κ3) is 2.90. The van der Waals surface area contributed by atoms with E-state index in [0.29, 0.717) is 6.04 Å². The highest BCUT2D eigenvalue weighted by Gasteiger charge is 2.15. The fourth-order valence-corrected chi connectivity index (χ4v) is 3.36. The van der Waals surface area contributed by atoms with Gasteiger partial charge in [0, 0.05) is 30.0 Å². The van der Waals surface area contributed by atoms with Crippen molar-refractivity contribution >= 4 is 11.0 Å². The second-order valence-corrected chi connectivity index (χ2v) is 5.92. The van der Waals surface area contributed by atoms with Gasteiger partial charge in [0.05, 0.1) is 0 Å². The summed E-state index contributed by atoms with van der Waals surface area (Å²) in [6.45, 7) is 3.12. The van der Waals surface area contributed by atoms with Gasteiger partial charge >= 0.3 is 0 Å². The smallest absolute Gasteiger partial charge is 0.134 e. The van der Waals surface area contributed by atoms with Crippen LogP contribution < -0.4 is 5.32 Å². The molecule has 1 fully saturated rings. The van der Waals surface area contributed by atoms with Crippen LogP contribution in [0.1, 0.15) is 56.8 Å². The summed E-state index contributed by atoms with van der Waals surface area (Å²) < 4.78 is 5.97. The van der Waals surface area contributed by atoms with Crippen molar-refractivity contribution in [2.24, 2.45) is 0 Å². The molecule has 0 aliphatic heterocycles. The maximum absolute atomic E-state index is 5.97. The third-order valence-corrected chi connectivity index (χ3v) is 4.53. The van der Waals surface area contributed by atoms with Gasteiger partial charge < -0.3 is 9.73 Å². The van der Waals surface area contributed by atoms with E-state index in [4.69, 9.17) is 4.42 Å². The van der Waals surface area contributed by atoms with E-state index in [1.54, 1.807) is 0 Å². The fraction of sp³-hybridized carbons (Fsp3) is 0.556. The average Bonchev–Trinajstić information content (AvgIpc) is 2.65. The summed E-state index contributed by atoms with van der Waals surface area (Å²) in [6, 6.07) is 9.10. The van der Waals surface area contributed by atoms with Crippen LogP contribution in [0.15, 0.2) is 28.7 Å². The van der Waals surface area contributed by atoms with Crippen LogP contribution >= 0.6 is 0 Å². The second-order valence-electron chi connectivity index (χ2n) is 5.92. The van der Waals surface area contributed by atoms with Crippen LogP contribution in [0.3, 0.4) is 0 Å². The molecule has 3 rings (SSSR count). The molecule has 108 valence electrons. The molecule has 1 heterocycles. The lowest BCUT2D eigenvalue weighted by atomic mass is 10.1. The molecular weight excluding hydrogens is 246 g/mol. The van der Waals surface area contributed by atoms with Gasteiger partial charge in [-0.3, -0.25) is 0 Å². The van der Waals surface area contributed by atoms with Gasteiger partial charge in [-0.1, -0.05) is 50.8 Å². The molecule has 1 aromatic carbocycles. The van der Waals surface area contributed by atoms with Crippen LogP contribution in [0.5, 0.6) is 0 Å². The van der Waals surface area contributed by atoms with Gasteiger partial charge in [-0.05, 0) is 18.9 Å². The first kappa shape index (κ1) is 13.7. The van der Waals surface area contributed by atoms with E-state index in [9.17, 15) is 0 Å². The number of aryl methyl sites for hydroxylation is 1. The number of para-hydroxylation sites is 1. The van der Waals surface area contributed by atoms with Gasteiger partial charge in [-0.25, -0.2) is 0 Å². The summed E-state index contributed by atoms with van der Waals surface area (Å²) in [6.07, 6.45) is 9.21. The van der Waals surface area contributed by atoms with Crippen molar-refractivity contribution in [3.63, 3.8) is 0 Å². The number of furan rings is 1. The normalized spacial score (nSPS) is 17.4. The van der Waals surface area contributed by atoms with E-state index >= 15 is 0 Å². The molecule has 0 saturated heterocycles. The van der Waals surface area contributed by atoms with Gasteiger partial charge in [0.15, 0.2) is 0 Å². The van der Waals surface area contributed by atoms with Crippen LogP contribution in [-0.2, 0) is 13.0 Å². The Balaban J connectivity index is 1.75. The zero-order chi connectivity index (χ0) is 13.8. The van der Waals surface area contributed by atoms with Crippen molar-refractivity contribution < 1.29 is 4.42 Å². The molecular formula is C18H25NO. The Morgan fingerprint density at radius 3 is 2.60 bits per heavy atom. The Labute approximate surface area is 121 Å². The number of hydrogen-bond acceptors (Lipinski definition) is 2. The molecule has 2 aromatic rings. The zero-order valence-corrected chi connectivity index (χ0v) is 12.5. The molecule has 0 amide bonds. The van der Waals surface area contributed by atoms with Crippen LogP contribution in [-0.4, -0.2) is 6.04 Å². The molecule has 0 bridgehead atoms. The Hall–Kier alpha value is -1.28. The molecule has 20 heavy (non-hydrogen) atoms. The topological polar surface area (TPSA) is 25.2 Å². The Bertz CT molecular complexity index is 550. The quantitative estimate of drug-likeness (QED) is 0.807. The lowest BCUT2D eigenvalue weighted by molar-refractivity contribution is 0.454. The minimum atomic E-state index is 0.691. The van der Waals surface area contributed by atoms with Crippen molar-refractivity contribution in [2.45, 2.75) is 64.5 Å². The molecule has 0 unspecified atom stereocenters. The van der Waals surface area contributed by atoms with E-state index in [0.717, 1.165) is 24.3 Å². The lowest BCUT2D eigenvalue weighted by Gasteiger charge is -2.16. The molecule has 0 radical (unpaired) electrons. The zero-order valence-electron chi connectivity index (χ0n) is 12.5. The van der Waals surface area contributed by atoms with Crippen molar-refractivity contribution in [2.75, 3.05) is 0 Å². The number of hydrogen-bond donors (Lipinski definition) is 1.